The van der Waals surface area contributed by atoms with Crippen molar-refractivity contribution in [3.63, 3.8) is 0 Å². The number of esters is 1. The number of hydrogen-bond acceptors (Lipinski definition) is 4. The van der Waals surface area contributed by atoms with Crippen molar-refractivity contribution in [1.82, 2.24) is 0 Å². The molecule has 0 saturated carbocycles. The lowest BCUT2D eigenvalue weighted by atomic mass is 10.2. The Bertz CT molecular complexity index is 325. The molecule has 0 aromatic heterocycles. The van der Waals surface area contributed by atoms with Crippen molar-refractivity contribution in [2.24, 2.45) is 5.73 Å². The van der Waals surface area contributed by atoms with Gasteiger partial charge >= 0.3 is 5.97 Å². The maximum atomic E-state index is 10.8. The molecule has 15 heavy (non-hydrogen) atoms. The molecule has 0 saturated heterocycles. The van der Waals surface area contributed by atoms with Gasteiger partial charge in [-0.15, -0.1) is 0 Å². The van der Waals surface area contributed by atoms with Crippen LogP contribution in [0.3, 0.4) is 0 Å². The predicted octanol–water partition coefficient (Wildman–Crippen LogP) is 1.09. The zero-order chi connectivity index (χ0) is 11.1. The highest BCUT2D eigenvalue weighted by atomic mass is 16.5. The summed E-state index contributed by atoms with van der Waals surface area (Å²) in [6, 6.07) is 7.48. The van der Waals surface area contributed by atoms with Gasteiger partial charge in [-0.1, -0.05) is 12.1 Å². The van der Waals surface area contributed by atoms with Crippen LogP contribution in [0, 0.1) is 0 Å². The summed E-state index contributed by atoms with van der Waals surface area (Å²) >= 11 is 0. The van der Waals surface area contributed by atoms with E-state index < -0.39 is 0 Å². The largest absolute Gasteiger partial charge is 0.493 e. The first-order chi connectivity index (χ1) is 7.26. The highest BCUT2D eigenvalue weighted by Crippen LogP contribution is 2.12. The number of hydrogen-bond donors (Lipinski definition) is 1. The lowest BCUT2D eigenvalue weighted by Crippen LogP contribution is -2.07. The maximum Gasteiger partial charge on any atom is 0.308 e. The van der Waals surface area contributed by atoms with Crippen LogP contribution < -0.4 is 10.5 Å². The van der Waals surface area contributed by atoms with E-state index in [4.69, 9.17) is 10.5 Å². The van der Waals surface area contributed by atoms with E-state index in [9.17, 15) is 4.79 Å². The highest BCUT2D eigenvalue weighted by Gasteiger charge is 2.00. The number of benzene rings is 1. The predicted molar refractivity (Wildman–Crippen MR) is 56.5 cm³/mol. The third-order valence-electron chi connectivity index (χ3n) is 1.94. The van der Waals surface area contributed by atoms with Crippen LogP contribution in [0.25, 0.3) is 0 Å². The lowest BCUT2D eigenvalue weighted by molar-refractivity contribution is -0.141. The standard InChI is InChI=1S/C11H15NO3/c1-14-11(13)5-6-15-10-4-2-3-9(7-10)8-12/h2-4,7H,5-6,8,12H2,1H3. The molecule has 1 aromatic rings. The Morgan fingerprint density at radius 2 is 2.27 bits per heavy atom. The lowest BCUT2D eigenvalue weighted by Gasteiger charge is -2.06. The summed E-state index contributed by atoms with van der Waals surface area (Å²) in [4.78, 5) is 10.8. The molecule has 0 bridgehead atoms. The third kappa shape index (κ3) is 3.99. The summed E-state index contributed by atoms with van der Waals surface area (Å²) in [5, 5.41) is 0. The van der Waals surface area contributed by atoms with Gasteiger partial charge in [0, 0.05) is 6.54 Å². The summed E-state index contributed by atoms with van der Waals surface area (Å²) in [6.45, 7) is 0.800. The van der Waals surface area contributed by atoms with Crippen LogP contribution in [0.5, 0.6) is 5.75 Å². The minimum atomic E-state index is -0.273. The van der Waals surface area contributed by atoms with Crippen molar-refractivity contribution in [2.45, 2.75) is 13.0 Å². The van der Waals surface area contributed by atoms with Gasteiger partial charge in [0.05, 0.1) is 20.1 Å². The molecule has 4 nitrogen and oxygen atoms in total. The van der Waals surface area contributed by atoms with Crippen molar-refractivity contribution in [3.05, 3.63) is 29.8 Å². The van der Waals surface area contributed by atoms with Gasteiger partial charge in [-0.05, 0) is 17.7 Å². The third-order valence-corrected chi connectivity index (χ3v) is 1.94. The fourth-order valence-electron chi connectivity index (χ4n) is 1.12. The van der Waals surface area contributed by atoms with E-state index >= 15 is 0 Å². The molecule has 0 spiro atoms. The molecular formula is C11H15NO3. The van der Waals surface area contributed by atoms with Crippen molar-refractivity contribution in [2.75, 3.05) is 13.7 Å². The van der Waals surface area contributed by atoms with E-state index in [1.165, 1.54) is 7.11 Å². The summed E-state index contributed by atoms with van der Waals surface area (Å²) in [6.07, 6.45) is 0.253. The molecule has 0 aliphatic heterocycles. The molecule has 0 aliphatic rings. The van der Waals surface area contributed by atoms with E-state index in [1.807, 2.05) is 24.3 Å². The molecule has 4 heteroatoms. The molecule has 0 atom stereocenters. The molecule has 82 valence electrons. The number of rotatable bonds is 5. The molecule has 1 rings (SSSR count). The Labute approximate surface area is 89.0 Å². The number of ether oxygens (including phenoxy) is 2. The van der Waals surface area contributed by atoms with Crippen molar-refractivity contribution in [3.8, 4) is 5.75 Å². The van der Waals surface area contributed by atoms with Gasteiger partial charge in [0.1, 0.15) is 5.75 Å². The second-order valence-electron chi connectivity index (χ2n) is 3.03. The molecule has 0 fully saturated rings. The van der Waals surface area contributed by atoms with Gasteiger partial charge in [-0.2, -0.15) is 0 Å². The molecule has 0 unspecified atom stereocenters. The second kappa shape index (κ2) is 6.03. The van der Waals surface area contributed by atoms with E-state index in [-0.39, 0.29) is 12.4 Å². The van der Waals surface area contributed by atoms with Gasteiger partial charge in [0.2, 0.25) is 0 Å². The van der Waals surface area contributed by atoms with Crippen LogP contribution in [0.4, 0.5) is 0 Å². The first-order valence-corrected chi connectivity index (χ1v) is 4.75. The van der Waals surface area contributed by atoms with Crippen LogP contribution in [-0.4, -0.2) is 19.7 Å². The maximum absolute atomic E-state index is 10.8. The first-order valence-electron chi connectivity index (χ1n) is 4.75. The van der Waals surface area contributed by atoms with Crippen LogP contribution in [0.15, 0.2) is 24.3 Å². The molecule has 0 heterocycles. The highest BCUT2D eigenvalue weighted by molar-refractivity contribution is 5.69. The summed E-state index contributed by atoms with van der Waals surface area (Å²) in [5.74, 6) is 0.451. The average Bonchev–Trinajstić information content (AvgIpc) is 2.29. The number of carbonyl (C=O) groups is 1. The van der Waals surface area contributed by atoms with E-state index in [1.54, 1.807) is 0 Å². The molecule has 0 radical (unpaired) electrons. The molecule has 1 aromatic carbocycles. The van der Waals surface area contributed by atoms with Gasteiger partial charge in [-0.3, -0.25) is 4.79 Å². The minimum absolute atomic E-state index is 0.253. The zero-order valence-corrected chi connectivity index (χ0v) is 8.73. The van der Waals surface area contributed by atoms with Gasteiger partial charge in [-0.25, -0.2) is 0 Å². The average molecular weight is 209 g/mol. The topological polar surface area (TPSA) is 61.5 Å². The Morgan fingerprint density at radius 1 is 1.47 bits per heavy atom. The van der Waals surface area contributed by atoms with Crippen LogP contribution in [0.1, 0.15) is 12.0 Å². The number of carbonyl (C=O) groups excluding carboxylic acids is 1. The van der Waals surface area contributed by atoms with E-state index in [0.717, 1.165) is 11.3 Å². The van der Waals surface area contributed by atoms with Crippen LogP contribution in [-0.2, 0) is 16.1 Å². The molecule has 0 amide bonds. The molecule has 2 N–H and O–H groups in total. The Kier molecular flexibility index (Phi) is 4.63. The fraction of sp³-hybridized carbons (Fsp3) is 0.364. The van der Waals surface area contributed by atoms with Crippen LogP contribution >= 0.6 is 0 Å². The smallest absolute Gasteiger partial charge is 0.308 e. The normalized spacial score (nSPS) is 9.73. The molecular weight excluding hydrogens is 194 g/mol. The number of nitrogens with two attached hydrogens (primary N) is 1. The zero-order valence-electron chi connectivity index (χ0n) is 8.73. The van der Waals surface area contributed by atoms with E-state index in [0.29, 0.717) is 13.2 Å². The second-order valence-corrected chi connectivity index (χ2v) is 3.03. The van der Waals surface area contributed by atoms with Gasteiger partial charge in [0.25, 0.3) is 0 Å². The molecule has 0 aliphatic carbocycles. The SMILES string of the molecule is COC(=O)CCOc1cccc(CN)c1. The monoisotopic (exact) mass is 209 g/mol. The fourth-order valence-corrected chi connectivity index (χ4v) is 1.12. The van der Waals surface area contributed by atoms with Crippen molar-refractivity contribution < 1.29 is 14.3 Å². The minimum Gasteiger partial charge on any atom is -0.493 e. The van der Waals surface area contributed by atoms with E-state index in [2.05, 4.69) is 4.74 Å². The summed E-state index contributed by atoms with van der Waals surface area (Å²) in [5.41, 5.74) is 6.49. The van der Waals surface area contributed by atoms with Gasteiger partial charge in [0.15, 0.2) is 0 Å². The van der Waals surface area contributed by atoms with Crippen LogP contribution in [0.2, 0.25) is 0 Å². The quantitative estimate of drug-likeness (QED) is 0.737. The summed E-state index contributed by atoms with van der Waals surface area (Å²) < 4.78 is 9.86. The van der Waals surface area contributed by atoms with Crippen molar-refractivity contribution >= 4 is 5.97 Å². The Hall–Kier alpha value is -1.55. The Balaban J connectivity index is 2.40. The van der Waals surface area contributed by atoms with Gasteiger partial charge < -0.3 is 15.2 Å². The van der Waals surface area contributed by atoms with Crippen molar-refractivity contribution in [1.29, 1.82) is 0 Å². The summed E-state index contributed by atoms with van der Waals surface area (Å²) in [7, 11) is 1.36. The first kappa shape index (κ1) is 11.5. The number of methoxy groups -OCH3 is 1. The Morgan fingerprint density at radius 3 is 2.93 bits per heavy atom.